The number of alkyl carbamates (subject to hydrolysis) is 1. The Labute approximate surface area is 345 Å². The number of carbonyl (C=O) groups is 2. The van der Waals surface area contributed by atoms with E-state index in [1.54, 1.807) is 0 Å². The molecule has 2 aromatic carbocycles. The van der Waals surface area contributed by atoms with E-state index < -0.39 is 6.09 Å². The standard InChI is InChI=1S/C44H69NO13/c1-2-3-4-5-6-7-16-43(46)57-36-35-56-34-33-55-32-31-54-30-29-53-28-27-52-26-25-51-24-23-50-22-21-49-20-19-48-18-17-45-44(47)58-37-42-40-14-10-8-12-38(40)39-13-9-11-15-41(39)42/h8-15,42H,2-7,16-37H2,1H3,(H,45,47). The largest absolute Gasteiger partial charge is 0.463 e. The molecule has 0 spiro atoms. The Kier molecular flexibility index (Phi) is 29.4. The fraction of sp³-hybridized carbons (Fsp3) is 0.682. The number of hydrogen-bond donors (Lipinski definition) is 1. The summed E-state index contributed by atoms with van der Waals surface area (Å²) in [6.45, 7) is 11.3. The number of ether oxygens (including phenoxy) is 11. The lowest BCUT2D eigenvalue weighted by atomic mass is 9.98. The van der Waals surface area contributed by atoms with Crippen LogP contribution in [0.1, 0.15) is 68.9 Å². The summed E-state index contributed by atoms with van der Waals surface area (Å²) in [5, 5.41) is 2.74. The zero-order chi connectivity index (χ0) is 41.0. The van der Waals surface area contributed by atoms with Crippen LogP contribution in [0.25, 0.3) is 11.1 Å². The third-order valence-corrected chi connectivity index (χ3v) is 9.06. The highest BCUT2D eigenvalue weighted by molar-refractivity contribution is 5.79. The molecule has 0 aliphatic heterocycles. The third kappa shape index (κ3) is 23.4. The minimum Gasteiger partial charge on any atom is -0.463 e. The van der Waals surface area contributed by atoms with Crippen molar-refractivity contribution in [3.8, 4) is 11.1 Å². The second kappa shape index (κ2) is 34.7. The Morgan fingerprint density at radius 1 is 0.466 bits per heavy atom. The van der Waals surface area contributed by atoms with Crippen molar-refractivity contribution in [3.05, 3.63) is 59.7 Å². The van der Waals surface area contributed by atoms with Gasteiger partial charge >= 0.3 is 12.1 Å². The van der Waals surface area contributed by atoms with Gasteiger partial charge in [-0.2, -0.15) is 0 Å². The van der Waals surface area contributed by atoms with Gasteiger partial charge in [-0.3, -0.25) is 4.79 Å². The van der Waals surface area contributed by atoms with Crippen LogP contribution in [0.5, 0.6) is 0 Å². The molecule has 14 heteroatoms. The number of carbonyl (C=O) groups excluding carboxylic acids is 2. The van der Waals surface area contributed by atoms with Gasteiger partial charge in [0.05, 0.1) is 119 Å². The Bertz CT molecular complexity index is 1270. The summed E-state index contributed by atoms with van der Waals surface area (Å²) in [4.78, 5) is 23.9. The monoisotopic (exact) mass is 819 g/mol. The van der Waals surface area contributed by atoms with E-state index >= 15 is 0 Å². The fourth-order valence-corrected chi connectivity index (χ4v) is 6.07. The Balaban J connectivity index is 0.938. The van der Waals surface area contributed by atoms with Crippen LogP contribution in [0, 0.1) is 0 Å². The lowest BCUT2D eigenvalue weighted by Crippen LogP contribution is -2.29. The maximum atomic E-state index is 12.3. The van der Waals surface area contributed by atoms with E-state index in [1.807, 2.05) is 24.3 Å². The van der Waals surface area contributed by atoms with Gasteiger partial charge < -0.3 is 57.4 Å². The van der Waals surface area contributed by atoms with Crippen molar-refractivity contribution in [1.29, 1.82) is 0 Å². The van der Waals surface area contributed by atoms with Crippen molar-refractivity contribution in [1.82, 2.24) is 5.32 Å². The van der Waals surface area contributed by atoms with E-state index in [2.05, 4.69) is 36.5 Å². The summed E-state index contributed by atoms with van der Waals surface area (Å²) in [7, 11) is 0. The zero-order valence-corrected chi connectivity index (χ0v) is 34.8. The Morgan fingerprint density at radius 2 is 0.845 bits per heavy atom. The predicted octanol–water partition coefficient (Wildman–Crippen LogP) is 5.97. The molecule has 1 N–H and O–H groups in total. The molecule has 0 atom stereocenters. The molecule has 0 fully saturated rings. The summed E-state index contributed by atoms with van der Waals surface area (Å²) in [5.41, 5.74) is 4.77. The van der Waals surface area contributed by atoms with Gasteiger partial charge in [0.1, 0.15) is 13.2 Å². The second-order valence-electron chi connectivity index (χ2n) is 13.5. The van der Waals surface area contributed by atoms with Gasteiger partial charge in [0.25, 0.3) is 0 Å². The van der Waals surface area contributed by atoms with Gasteiger partial charge in [0.2, 0.25) is 0 Å². The number of rotatable bonds is 39. The van der Waals surface area contributed by atoms with Crippen LogP contribution >= 0.6 is 0 Å². The molecule has 2 aromatic rings. The minimum atomic E-state index is -0.454. The third-order valence-electron chi connectivity index (χ3n) is 9.06. The molecule has 3 rings (SSSR count). The summed E-state index contributed by atoms with van der Waals surface area (Å²) in [6, 6.07) is 16.5. The molecule has 0 heterocycles. The number of nitrogens with one attached hydrogen (secondary N) is 1. The molecule has 0 radical (unpaired) electrons. The topological polar surface area (TPSA) is 148 Å². The van der Waals surface area contributed by atoms with Crippen LogP contribution in [-0.4, -0.2) is 151 Å². The summed E-state index contributed by atoms with van der Waals surface area (Å²) >= 11 is 0. The highest BCUT2D eigenvalue weighted by atomic mass is 16.6. The van der Waals surface area contributed by atoms with Crippen LogP contribution in [0.4, 0.5) is 4.79 Å². The van der Waals surface area contributed by atoms with Crippen LogP contribution < -0.4 is 5.32 Å². The van der Waals surface area contributed by atoms with Gasteiger partial charge in [0.15, 0.2) is 0 Å². The summed E-state index contributed by atoms with van der Waals surface area (Å²) in [6.07, 6.45) is 6.94. The molecule has 0 saturated carbocycles. The van der Waals surface area contributed by atoms with Crippen molar-refractivity contribution < 1.29 is 61.7 Å². The molecule has 328 valence electrons. The molecule has 1 aliphatic rings. The Hall–Kier alpha value is -3.18. The van der Waals surface area contributed by atoms with Crippen molar-refractivity contribution in [2.45, 2.75) is 57.8 Å². The number of fused-ring (bicyclic) bond motifs is 3. The van der Waals surface area contributed by atoms with Crippen LogP contribution in [0.2, 0.25) is 0 Å². The van der Waals surface area contributed by atoms with Crippen LogP contribution in [0.3, 0.4) is 0 Å². The maximum Gasteiger partial charge on any atom is 0.407 e. The molecule has 0 unspecified atom stereocenters. The van der Waals surface area contributed by atoms with Crippen molar-refractivity contribution in [3.63, 3.8) is 0 Å². The van der Waals surface area contributed by atoms with E-state index in [-0.39, 0.29) is 25.1 Å². The van der Waals surface area contributed by atoms with Gasteiger partial charge in [-0.25, -0.2) is 4.79 Å². The molecule has 0 saturated heterocycles. The molecule has 14 nitrogen and oxygen atoms in total. The van der Waals surface area contributed by atoms with Gasteiger partial charge in [-0.15, -0.1) is 0 Å². The highest BCUT2D eigenvalue weighted by Gasteiger charge is 2.29. The second-order valence-corrected chi connectivity index (χ2v) is 13.5. The van der Waals surface area contributed by atoms with E-state index in [9.17, 15) is 9.59 Å². The Morgan fingerprint density at radius 3 is 1.29 bits per heavy atom. The maximum absolute atomic E-state index is 12.3. The first kappa shape index (κ1) is 49.2. The van der Waals surface area contributed by atoms with Crippen LogP contribution in [-0.2, 0) is 56.9 Å². The lowest BCUT2D eigenvalue weighted by molar-refractivity contribution is -0.145. The molecule has 0 aromatic heterocycles. The van der Waals surface area contributed by atoms with Crippen molar-refractivity contribution >= 4 is 12.1 Å². The SMILES string of the molecule is CCCCCCCCC(=O)OCCOCCOCCOCCOCCOCCOCCOCCOCCOCCNC(=O)OCC1c2ccccc2-c2ccccc21. The van der Waals surface area contributed by atoms with E-state index in [0.717, 1.165) is 12.8 Å². The van der Waals surface area contributed by atoms with E-state index in [4.69, 9.17) is 52.1 Å². The van der Waals surface area contributed by atoms with Crippen molar-refractivity contribution in [2.24, 2.45) is 0 Å². The van der Waals surface area contributed by atoms with Crippen molar-refractivity contribution in [2.75, 3.05) is 139 Å². The molecular formula is C44H69NO13. The number of benzene rings is 2. The molecule has 58 heavy (non-hydrogen) atoms. The fourth-order valence-electron chi connectivity index (χ4n) is 6.07. The molecule has 1 amide bonds. The zero-order valence-electron chi connectivity index (χ0n) is 34.8. The quantitative estimate of drug-likeness (QED) is 0.0625. The first-order valence-corrected chi connectivity index (χ1v) is 21.1. The van der Waals surface area contributed by atoms with Gasteiger partial charge in [-0.1, -0.05) is 87.6 Å². The molecule has 1 aliphatic carbocycles. The molecular weight excluding hydrogens is 750 g/mol. The highest BCUT2D eigenvalue weighted by Crippen LogP contribution is 2.44. The lowest BCUT2D eigenvalue weighted by Gasteiger charge is -2.14. The first-order chi connectivity index (χ1) is 28.7. The summed E-state index contributed by atoms with van der Waals surface area (Å²) in [5.74, 6) is -0.114. The number of amides is 1. The number of unbranched alkanes of at least 4 members (excludes halogenated alkanes) is 5. The van der Waals surface area contributed by atoms with E-state index in [1.165, 1.54) is 47.9 Å². The predicted molar refractivity (Wildman–Crippen MR) is 219 cm³/mol. The minimum absolute atomic E-state index is 0.0343. The number of esters is 1. The average molecular weight is 820 g/mol. The smallest absolute Gasteiger partial charge is 0.407 e. The van der Waals surface area contributed by atoms with Gasteiger partial charge in [-0.05, 0) is 28.7 Å². The van der Waals surface area contributed by atoms with Gasteiger partial charge in [0, 0.05) is 18.9 Å². The first-order valence-electron chi connectivity index (χ1n) is 21.1. The summed E-state index contributed by atoms with van der Waals surface area (Å²) < 4.78 is 60.2. The number of hydrogen-bond acceptors (Lipinski definition) is 13. The average Bonchev–Trinajstić information content (AvgIpc) is 3.56. The van der Waals surface area contributed by atoms with E-state index in [0.29, 0.717) is 132 Å². The molecule has 0 bridgehead atoms. The van der Waals surface area contributed by atoms with Crippen LogP contribution in [0.15, 0.2) is 48.5 Å². The normalized spacial score (nSPS) is 12.1.